The summed E-state index contributed by atoms with van der Waals surface area (Å²) in [5.41, 5.74) is 2.02. The second-order valence-electron chi connectivity index (χ2n) is 6.80. The number of ether oxygens (including phenoxy) is 2. The number of esters is 1. The molecule has 8 heteroatoms. The van der Waals surface area contributed by atoms with Gasteiger partial charge in [-0.1, -0.05) is 35.1 Å². The highest BCUT2D eigenvalue weighted by molar-refractivity contribution is 7.23. The normalized spacial score (nSPS) is 11.1. The first-order valence-electron chi connectivity index (χ1n) is 9.46. The molecule has 0 aliphatic heterocycles. The maximum Gasteiger partial charge on any atom is 0.306 e. The van der Waals surface area contributed by atoms with Gasteiger partial charge in [0.1, 0.15) is 12.4 Å². The average Bonchev–Trinajstić information content (AvgIpc) is 3.11. The molecule has 30 heavy (non-hydrogen) atoms. The molecule has 0 unspecified atom stereocenters. The van der Waals surface area contributed by atoms with Gasteiger partial charge in [0.05, 0.1) is 22.5 Å². The predicted octanol–water partition coefficient (Wildman–Crippen LogP) is 4.77. The standard InChI is InChI=1S/C22H19ClN2O4S/c1-14-11-16(8-9-17(14)23)28-10-4-7-21(27)29-13-15-12-20(26)25-18-5-2-3-6-19(18)30-22(25)24-15/h2-3,5-6,8-9,11-12H,4,7,10,13H2,1H3. The van der Waals surface area contributed by atoms with Crippen LogP contribution >= 0.6 is 22.9 Å². The van der Waals surface area contributed by atoms with Gasteiger partial charge in [-0.25, -0.2) is 4.98 Å². The summed E-state index contributed by atoms with van der Waals surface area (Å²) in [6, 6.07) is 14.5. The molecule has 6 nitrogen and oxygen atoms in total. The van der Waals surface area contributed by atoms with Crippen molar-refractivity contribution in [3.8, 4) is 5.75 Å². The van der Waals surface area contributed by atoms with Crippen molar-refractivity contribution in [1.82, 2.24) is 9.38 Å². The van der Waals surface area contributed by atoms with Crippen molar-refractivity contribution in [1.29, 1.82) is 0 Å². The zero-order valence-corrected chi connectivity index (χ0v) is 17.8. The Morgan fingerprint density at radius 2 is 2.03 bits per heavy atom. The molecule has 0 saturated heterocycles. The zero-order chi connectivity index (χ0) is 21.1. The number of aromatic nitrogens is 2. The maximum absolute atomic E-state index is 12.5. The van der Waals surface area contributed by atoms with E-state index < -0.39 is 0 Å². The van der Waals surface area contributed by atoms with E-state index in [0.717, 1.165) is 15.8 Å². The molecule has 2 aromatic heterocycles. The van der Waals surface area contributed by atoms with Gasteiger partial charge >= 0.3 is 5.97 Å². The number of rotatable bonds is 7. The summed E-state index contributed by atoms with van der Waals surface area (Å²) in [4.78, 5) is 29.5. The molecule has 0 atom stereocenters. The number of carbonyl (C=O) groups is 1. The summed E-state index contributed by atoms with van der Waals surface area (Å²) in [6.07, 6.45) is 0.739. The van der Waals surface area contributed by atoms with Gasteiger partial charge in [0, 0.05) is 17.5 Å². The van der Waals surface area contributed by atoms with Gasteiger partial charge in [-0.05, 0) is 49.2 Å². The van der Waals surface area contributed by atoms with E-state index >= 15 is 0 Å². The number of carbonyl (C=O) groups excluding carboxylic acids is 1. The van der Waals surface area contributed by atoms with Gasteiger partial charge in [0.25, 0.3) is 5.56 Å². The molecule has 0 aliphatic carbocycles. The molecule has 154 valence electrons. The minimum Gasteiger partial charge on any atom is -0.494 e. The van der Waals surface area contributed by atoms with E-state index in [2.05, 4.69) is 4.98 Å². The van der Waals surface area contributed by atoms with E-state index in [1.54, 1.807) is 16.5 Å². The van der Waals surface area contributed by atoms with Crippen LogP contribution in [0, 0.1) is 6.92 Å². The van der Waals surface area contributed by atoms with Gasteiger partial charge in [-0.3, -0.25) is 14.0 Å². The lowest BCUT2D eigenvalue weighted by Gasteiger charge is -2.08. The highest BCUT2D eigenvalue weighted by Crippen LogP contribution is 2.23. The van der Waals surface area contributed by atoms with E-state index in [1.807, 2.05) is 37.3 Å². The Morgan fingerprint density at radius 1 is 1.20 bits per heavy atom. The summed E-state index contributed by atoms with van der Waals surface area (Å²) in [5.74, 6) is 0.357. The molecular weight excluding hydrogens is 424 g/mol. The van der Waals surface area contributed by atoms with Crippen LogP contribution in [0.2, 0.25) is 5.02 Å². The Bertz CT molecular complexity index is 1280. The van der Waals surface area contributed by atoms with Gasteiger partial charge in [0.2, 0.25) is 0 Å². The van der Waals surface area contributed by atoms with Crippen LogP contribution in [0.4, 0.5) is 0 Å². The summed E-state index contributed by atoms with van der Waals surface area (Å²) in [6.45, 7) is 2.27. The number of hydrogen-bond donors (Lipinski definition) is 0. The smallest absolute Gasteiger partial charge is 0.306 e. The van der Waals surface area contributed by atoms with E-state index in [0.29, 0.717) is 34.5 Å². The van der Waals surface area contributed by atoms with E-state index in [-0.39, 0.29) is 24.6 Å². The van der Waals surface area contributed by atoms with Gasteiger partial charge in [0.15, 0.2) is 4.96 Å². The molecule has 0 spiro atoms. The molecule has 0 fully saturated rings. The fourth-order valence-corrected chi connectivity index (χ4v) is 4.20. The second kappa shape index (κ2) is 8.85. The third-order valence-corrected chi connectivity index (χ3v) is 6.00. The summed E-state index contributed by atoms with van der Waals surface area (Å²) in [7, 11) is 0. The number of aryl methyl sites for hydroxylation is 1. The van der Waals surface area contributed by atoms with Crippen LogP contribution in [-0.2, 0) is 16.1 Å². The first-order chi connectivity index (χ1) is 14.5. The van der Waals surface area contributed by atoms with Crippen LogP contribution in [0.5, 0.6) is 5.75 Å². The molecule has 0 radical (unpaired) electrons. The van der Waals surface area contributed by atoms with E-state index in [1.165, 1.54) is 17.4 Å². The summed E-state index contributed by atoms with van der Waals surface area (Å²) >= 11 is 7.42. The monoisotopic (exact) mass is 442 g/mol. The van der Waals surface area contributed by atoms with E-state index in [9.17, 15) is 9.59 Å². The average molecular weight is 443 g/mol. The topological polar surface area (TPSA) is 69.9 Å². The molecule has 0 aliphatic rings. The lowest BCUT2D eigenvalue weighted by atomic mass is 10.2. The van der Waals surface area contributed by atoms with Crippen molar-refractivity contribution >= 4 is 44.1 Å². The van der Waals surface area contributed by atoms with Gasteiger partial charge < -0.3 is 9.47 Å². The maximum atomic E-state index is 12.5. The molecule has 4 aromatic rings. The molecular formula is C22H19ClN2O4S. The molecule has 4 rings (SSSR count). The fourth-order valence-electron chi connectivity index (χ4n) is 3.04. The summed E-state index contributed by atoms with van der Waals surface area (Å²) in [5, 5.41) is 0.688. The third-order valence-electron chi connectivity index (χ3n) is 4.55. The highest BCUT2D eigenvalue weighted by Gasteiger charge is 2.11. The first kappa shape index (κ1) is 20.4. The van der Waals surface area contributed by atoms with Crippen LogP contribution < -0.4 is 10.3 Å². The van der Waals surface area contributed by atoms with Crippen molar-refractivity contribution in [3.63, 3.8) is 0 Å². The minimum atomic E-state index is -0.357. The molecule has 2 aromatic carbocycles. The molecule has 0 amide bonds. The van der Waals surface area contributed by atoms with Gasteiger partial charge in [-0.2, -0.15) is 0 Å². The number of halogens is 1. The number of hydrogen-bond acceptors (Lipinski definition) is 6. The number of benzene rings is 2. The number of fused-ring (bicyclic) bond motifs is 3. The Balaban J connectivity index is 1.30. The van der Waals surface area contributed by atoms with Gasteiger partial charge in [-0.15, -0.1) is 0 Å². The zero-order valence-electron chi connectivity index (χ0n) is 16.3. The van der Waals surface area contributed by atoms with Crippen LogP contribution in [0.1, 0.15) is 24.1 Å². The largest absolute Gasteiger partial charge is 0.494 e. The van der Waals surface area contributed by atoms with Crippen molar-refractivity contribution in [2.45, 2.75) is 26.4 Å². The minimum absolute atomic E-state index is 0.0317. The lowest BCUT2D eigenvalue weighted by molar-refractivity contribution is -0.145. The SMILES string of the molecule is Cc1cc(OCCCC(=O)OCc2cc(=O)n3c(n2)sc2ccccc23)ccc1Cl. The Labute approximate surface area is 181 Å². The highest BCUT2D eigenvalue weighted by atomic mass is 35.5. The Morgan fingerprint density at radius 3 is 2.87 bits per heavy atom. The molecule has 2 heterocycles. The molecule has 0 bridgehead atoms. The predicted molar refractivity (Wildman–Crippen MR) is 118 cm³/mol. The molecule has 0 saturated carbocycles. The Hall–Kier alpha value is -2.90. The number of thiazole rings is 1. The van der Waals surface area contributed by atoms with Crippen molar-refractivity contribution < 1.29 is 14.3 Å². The number of para-hydroxylation sites is 1. The van der Waals surface area contributed by atoms with Crippen LogP contribution in [-0.4, -0.2) is 22.0 Å². The fraction of sp³-hybridized carbons (Fsp3) is 0.227. The van der Waals surface area contributed by atoms with Crippen LogP contribution in [0.3, 0.4) is 0 Å². The van der Waals surface area contributed by atoms with Crippen LogP contribution in [0.25, 0.3) is 15.2 Å². The summed E-state index contributed by atoms with van der Waals surface area (Å²) < 4.78 is 13.5. The quantitative estimate of drug-likeness (QED) is 0.304. The first-order valence-corrected chi connectivity index (χ1v) is 10.7. The second-order valence-corrected chi connectivity index (χ2v) is 8.21. The van der Waals surface area contributed by atoms with Crippen molar-refractivity contribution in [2.75, 3.05) is 6.61 Å². The lowest BCUT2D eigenvalue weighted by Crippen LogP contribution is -2.15. The Kier molecular flexibility index (Phi) is 6.01. The van der Waals surface area contributed by atoms with Crippen molar-refractivity contribution in [3.05, 3.63) is 75.2 Å². The third kappa shape index (κ3) is 4.47. The molecule has 0 N–H and O–H groups in total. The van der Waals surface area contributed by atoms with Crippen LogP contribution in [0.15, 0.2) is 53.3 Å². The number of nitrogens with zero attached hydrogens (tertiary/aromatic N) is 2. The van der Waals surface area contributed by atoms with E-state index in [4.69, 9.17) is 21.1 Å². The van der Waals surface area contributed by atoms with Crippen molar-refractivity contribution in [2.24, 2.45) is 0 Å².